The molecule has 0 bridgehead atoms. The standard InChI is InChI=1S/C7H8FNO4/c1-3(10)9-5(7(12)13)2-4(8)6(9)11/h4-5H,2H2,1H3,(H,12,13). The first-order valence-electron chi connectivity index (χ1n) is 3.65. The number of carboxylic acid groups (broad SMARTS) is 1. The van der Waals surface area contributed by atoms with Gasteiger partial charge in [-0.2, -0.15) is 0 Å². The lowest BCUT2D eigenvalue weighted by Crippen LogP contribution is -2.42. The number of rotatable bonds is 1. The number of hydrogen-bond donors (Lipinski definition) is 1. The molecule has 1 saturated heterocycles. The van der Waals surface area contributed by atoms with Crippen LogP contribution in [0.5, 0.6) is 0 Å². The Kier molecular flexibility index (Phi) is 2.31. The van der Waals surface area contributed by atoms with Gasteiger partial charge in [0.2, 0.25) is 5.91 Å². The number of likely N-dealkylation sites (tertiary alicyclic amines) is 1. The first-order valence-corrected chi connectivity index (χ1v) is 3.65. The molecule has 1 heterocycles. The third-order valence-electron chi connectivity index (χ3n) is 1.87. The van der Waals surface area contributed by atoms with E-state index in [-0.39, 0.29) is 0 Å². The number of carbonyl (C=O) groups is 3. The van der Waals surface area contributed by atoms with Gasteiger partial charge in [-0.15, -0.1) is 0 Å². The molecule has 6 heteroatoms. The molecular formula is C7H8FNO4. The molecule has 1 fully saturated rings. The second-order valence-electron chi connectivity index (χ2n) is 2.78. The van der Waals surface area contributed by atoms with Crippen LogP contribution >= 0.6 is 0 Å². The normalized spacial score (nSPS) is 27.8. The fourth-order valence-electron chi connectivity index (χ4n) is 1.29. The zero-order chi connectivity index (χ0) is 10.2. The van der Waals surface area contributed by atoms with E-state index in [9.17, 15) is 18.8 Å². The number of carbonyl (C=O) groups excluding carboxylic acids is 2. The number of nitrogens with zero attached hydrogens (tertiary/aromatic N) is 1. The molecule has 0 spiro atoms. The van der Waals surface area contributed by atoms with Crippen LogP contribution in [0.3, 0.4) is 0 Å². The van der Waals surface area contributed by atoms with Crippen molar-refractivity contribution in [1.82, 2.24) is 4.90 Å². The van der Waals surface area contributed by atoms with Crippen molar-refractivity contribution in [2.45, 2.75) is 25.6 Å². The highest BCUT2D eigenvalue weighted by molar-refractivity contribution is 6.02. The van der Waals surface area contributed by atoms with E-state index in [1.165, 1.54) is 0 Å². The van der Waals surface area contributed by atoms with Gasteiger partial charge in [-0.05, 0) is 0 Å². The van der Waals surface area contributed by atoms with Gasteiger partial charge in [-0.25, -0.2) is 9.18 Å². The SMILES string of the molecule is CC(=O)N1C(=O)C(F)CC1C(=O)O. The summed E-state index contributed by atoms with van der Waals surface area (Å²) in [5, 5.41) is 8.56. The van der Waals surface area contributed by atoms with Crippen molar-refractivity contribution in [2.24, 2.45) is 0 Å². The van der Waals surface area contributed by atoms with E-state index in [1.807, 2.05) is 0 Å². The average Bonchev–Trinajstić information content (AvgIpc) is 2.28. The Labute approximate surface area is 73.1 Å². The number of halogens is 1. The van der Waals surface area contributed by atoms with Gasteiger partial charge in [0, 0.05) is 13.3 Å². The van der Waals surface area contributed by atoms with Gasteiger partial charge in [-0.1, -0.05) is 0 Å². The topological polar surface area (TPSA) is 74.7 Å². The third-order valence-corrected chi connectivity index (χ3v) is 1.87. The molecule has 5 nitrogen and oxygen atoms in total. The molecule has 2 unspecified atom stereocenters. The molecule has 0 aliphatic carbocycles. The van der Waals surface area contributed by atoms with E-state index in [0.29, 0.717) is 4.90 Å². The lowest BCUT2D eigenvalue weighted by molar-refractivity contribution is -0.153. The van der Waals surface area contributed by atoms with Gasteiger partial charge in [-0.3, -0.25) is 14.5 Å². The highest BCUT2D eigenvalue weighted by Crippen LogP contribution is 2.21. The summed E-state index contributed by atoms with van der Waals surface area (Å²) in [4.78, 5) is 32.7. The zero-order valence-electron chi connectivity index (χ0n) is 6.86. The first kappa shape index (κ1) is 9.63. The summed E-state index contributed by atoms with van der Waals surface area (Å²) < 4.78 is 12.7. The van der Waals surface area contributed by atoms with Gasteiger partial charge in [0.1, 0.15) is 6.04 Å². The molecule has 72 valence electrons. The number of amides is 2. The molecule has 1 aliphatic rings. The summed E-state index contributed by atoms with van der Waals surface area (Å²) >= 11 is 0. The number of carboxylic acids is 1. The maximum Gasteiger partial charge on any atom is 0.327 e. The molecule has 0 radical (unpaired) electrons. The van der Waals surface area contributed by atoms with Crippen molar-refractivity contribution in [1.29, 1.82) is 0 Å². The minimum atomic E-state index is -1.87. The van der Waals surface area contributed by atoms with Gasteiger partial charge >= 0.3 is 5.97 Å². The van der Waals surface area contributed by atoms with Gasteiger partial charge in [0.15, 0.2) is 6.17 Å². The lowest BCUT2D eigenvalue weighted by atomic mass is 10.2. The van der Waals surface area contributed by atoms with E-state index >= 15 is 0 Å². The summed E-state index contributed by atoms with van der Waals surface area (Å²) in [6, 6.07) is -1.35. The van der Waals surface area contributed by atoms with Crippen molar-refractivity contribution >= 4 is 17.8 Å². The van der Waals surface area contributed by atoms with E-state index in [1.54, 1.807) is 0 Å². The van der Waals surface area contributed by atoms with Crippen molar-refractivity contribution < 1.29 is 23.9 Å². The summed E-state index contributed by atoms with van der Waals surface area (Å²) in [5.74, 6) is -3.15. The van der Waals surface area contributed by atoms with Crippen LogP contribution in [0.15, 0.2) is 0 Å². The van der Waals surface area contributed by atoms with Crippen molar-refractivity contribution in [3.05, 3.63) is 0 Å². The van der Waals surface area contributed by atoms with Crippen LogP contribution in [0.25, 0.3) is 0 Å². The van der Waals surface area contributed by atoms with Gasteiger partial charge < -0.3 is 5.11 Å². The van der Waals surface area contributed by atoms with Crippen LogP contribution in [0, 0.1) is 0 Å². The van der Waals surface area contributed by atoms with Crippen molar-refractivity contribution in [3.63, 3.8) is 0 Å². The minimum absolute atomic E-state index is 0.451. The Morgan fingerprint density at radius 2 is 2.15 bits per heavy atom. The molecule has 0 aromatic carbocycles. The number of hydrogen-bond acceptors (Lipinski definition) is 3. The van der Waals surface area contributed by atoms with Crippen molar-refractivity contribution in [3.8, 4) is 0 Å². The number of imide groups is 1. The fourth-order valence-corrected chi connectivity index (χ4v) is 1.29. The summed E-state index contributed by atoms with van der Waals surface area (Å²) in [5.41, 5.74) is 0. The Morgan fingerprint density at radius 1 is 1.62 bits per heavy atom. The quantitative estimate of drug-likeness (QED) is 0.606. The molecule has 1 rings (SSSR count). The molecule has 1 aliphatic heterocycles. The summed E-state index contributed by atoms with van der Waals surface area (Å²) in [6.07, 6.45) is -2.32. The summed E-state index contributed by atoms with van der Waals surface area (Å²) in [6.45, 7) is 1.03. The Hall–Kier alpha value is -1.46. The number of aliphatic carboxylic acids is 1. The van der Waals surface area contributed by atoms with Gasteiger partial charge in [0.25, 0.3) is 5.91 Å². The molecule has 1 N–H and O–H groups in total. The fraction of sp³-hybridized carbons (Fsp3) is 0.571. The highest BCUT2D eigenvalue weighted by atomic mass is 19.1. The zero-order valence-corrected chi connectivity index (χ0v) is 6.86. The first-order chi connectivity index (χ1) is 5.95. The molecule has 0 aromatic heterocycles. The Morgan fingerprint density at radius 3 is 2.46 bits per heavy atom. The largest absolute Gasteiger partial charge is 0.480 e. The van der Waals surface area contributed by atoms with Crippen molar-refractivity contribution in [2.75, 3.05) is 0 Å². The smallest absolute Gasteiger partial charge is 0.327 e. The highest BCUT2D eigenvalue weighted by Gasteiger charge is 2.45. The Bertz CT molecular complexity index is 278. The molecular weight excluding hydrogens is 181 g/mol. The monoisotopic (exact) mass is 189 g/mol. The second-order valence-corrected chi connectivity index (χ2v) is 2.78. The maximum atomic E-state index is 12.7. The van der Waals surface area contributed by atoms with Crippen LogP contribution in [0.1, 0.15) is 13.3 Å². The van der Waals surface area contributed by atoms with Crippen LogP contribution in [0.4, 0.5) is 4.39 Å². The molecule has 0 saturated carbocycles. The molecule has 2 atom stereocenters. The predicted molar refractivity (Wildman–Crippen MR) is 38.5 cm³/mol. The van der Waals surface area contributed by atoms with Crippen LogP contribution < -0.4 is 0 Å². The second kappa shape index (κ2) is 3.12. The van der Waals surface area contributed by atoms with Crippen LogP contribution in [0.2, 0.25) is 0 Å². The van der Waals surface area contributed by atoms with Gasteiger partial charge in [0.05, 0.1) is 0 Å². The van der Waals surface area contributed by atoms with Crippen LogP contribution in [-0.4, -0.2) is 40.0 Å². The third kappa shape index (κ3) is 1.51. The summed E-state index contributed by atoms with van der Waals surface area (Å²) in [7, 11) is 0. The molecule has 0 aromatic rings. The maximum absolute atomic E-state index is 12.7. The lowest BCUT2D eigenvalue weighted by Gasteiger charge is -2.16. The predicted octanol–water partition coefficient (Wildman–Crippen LogP) is -0.444. The molecule has 13 heavy (non-hydrogen) atoms. The number of alkyl halides is 1. The van der Waals surface area contributed by atoms with E-state index in [4.69, 9.17) is 5.11 Å². The average molecular weight is 189 g/mol. The Balaban J connectivity index is 2.93. The minimum Gasteiger partial charge on any atom is -0.480 e. The molecule has 2 amide bonds. The van der Waals surface area contributed by atoms with E-state index in [0.717, 1.165) is 6.92 Å². The van der Waals surface area contributed by atoms with E-state index in [2.05, 4.69) is 0 Å². The van der Waals surface area contributed by atoms with E-state index < -0.39 is 36.4 Å². The van der Waals surface area contributed by atoms with Crippen LogP contribution in [-0.2, 0) is 14.4 Å².